The molecule has 0 aliphatic carbocycles. The van der Waals surface area contributed by atoms with Gasteiger partial charge in [0.05, 0.1) is 25.3 Å². The Morgan fingerprint density at radius 2 is 1.94 bits per heavy atom. The summed E-state index contributed by atoms with van der Waals surface area (Å²) < 4.78 is 17.1. The van der Waals surface area contributed by atoms with Crippen LogP contribution in [0.1, 0.15) is 56.3 Å². The second-order valence-corrected chi connectivity index (χ2v) is 9.17. The number of carbonyl (C=O) groups excluding carboxylic acids is 2. The van der Waals surface area contributed by atoms with Crippen molar-refractivity contribution in [1.29, 1.82) is 0 Å². The zero-order chi connectivity index (χ0) is 24.2. The molecule has 4 rings (SSSR count). The fourth-order valence-electron chi connectivity index (χ4n) is 4.76. The minimum absolute atomic E-state index is 0.0178. The number of methoxy groups -OCH3 is 1. The number of rotatable bonds is 7. The summed E-state index contributed by atoms with van der Waals surface area (Å²) in [6, 6.07) is 14.7. The summed E-state index contributed by atoms with van der Waals surface area (Å²) in [5.74, 6) is -0.229. The van der Waals surface area contributed by atoms with E-state index in [0.717, 1.165) is 24.0 Å². The van der Waals surface area contributed by atoms with Gasteiger partial charge in [-0.3, -0.25) is 4.79 Å². The Hall–Kier alpha value is -2.83. The molecule has 0 N–H and O–H groups in total. The molecule has 3 atom stereocenters. The van der Waals surface area contributed by atoms with Crippen molar-refractivity contribution in [3.8, 4) is 5.75 Å². The molecule has 34 heavy (non-hydrogen) atoms. The Morgan fingerprint density at radius 1 is 1.21 bits per heavy atom. The molecule has 0 spiro atoms. The average Bonchev–Trinajstić information content (AvgIpc) is 3.35. The normalized spacial score (nSPS) is 21.5. The molecule has 0 saturated carbocycles. The first-order chi connectivity index (χ1) is 16.4. The van der Waals surface area contributed by atoms with Crippen LogP contribution in [0.15, 0.2) is 59.8 Å². The molecule has 1 amide bonds. The third-order valence-corrected chi connectivity index (χ3v) is 6.84. The van der Waals surface area contributed by atoms with E-state index in [1.807, 2.05) is 50.2 Å². The van der Waals surface area contributed by atoms with Gasteiger partial charge in [-0.15, -0.1) is 0 Å². The molecular formula is C27H30ClNO5. The number of carbonyl (C=O) groups is 2. The highest BCUT2D eigenvalue weighted by molar-refractivity contribution is 6.30. The Balaban J connectivity index is 1.67. The van der Waals surface area contributed by atoms with Crippen molar-refractivity contribution in [1.82, 2.24) is 4.90 Å². The Bertz CT molecular complexity index is 1070. The van der Waals surface area contributed by atoms with Crippen LogP contribution in [0.5, 0.6) is 5.75 Å². The smallest absolute Gasteiger partial charge is 0.337 e. The SMILES string of the molecule is COc1ccccc1[C@H](C)OC(=O)C1=C(C)N(C[C@H]2CCCO2)C(=O)CC1c1ccc(Cl)cc1. The predicted octanol–water partition coefficient (Wildman–Crippen LogP) is 5.42. The van der Waals surface area contributed by atoms with Crippen molar-refractivity contribution in [2.24, 2.45) is 0 Å². The largest absolute Gasteiger partial charge is 0.496 e. The van der Waals surface area contributed by atoms with Crippen LogP contribution in [0.3, 0.4) is 0 Å². The number of hydrogen-bond acceptors (Lipinski definition) is 5. The molecule has 0 radical (unpaired) electrons. The molecular weight excluding hydrogens is 454 g/mol. The van der Waals surface area contributed by atoms with Crippen LogP contribution in [0.4, 0.5) is 0 Å². The van der Waals surface area contributed by atoms with E-state index in [2.05, 4.69) is 0 Å². The fraction of sp³-hybridized carbons (Fsp3) is 0.407. The van der Waals surface area contributed by atoms with Gasteiger partial charge in [0.15, 0.2) is 0 Å². The van der Waals surface area contributed by atoms with Gasteiger partial charge < -0.3 is 19.1 Å². The van der Waals surface area contributed by atoms with Crippen LogP contribution in [0.2, 0.25) is 5.02 Å². The van der Waals surface area contributed by atoms with Gasteiger partial charge in [0.25, 0.3) is 0 Å². The maximum atomic E-state index is 13.6. The molecule has 0 bridgehead atoms. The van der Waals surface area contributed by atoms with Crippen LogP contribution in [0.25, 0.3) is 0 Å². The van der Waals surface area contributed by atoms with E-state index in [9.17, 15) is 9.59 Å². The number of hydrogen-bond donors (Lipinski definition) is 0. The van der Waals surface area contributed by atoms with Crippen LogP contribution in [-0.2, 0) is 19.1 Å². The lowest BCUT2D eigenvalue weighted by Crippen LogP contribution is -2.42. The van der Waals surface area contributed by atoms with E-state index in [1.165, 1.54) is 0 Å². The van der Waals surface area contributed by atoms with Crippen LogP contribution in [-0.4, -0.2) is 43.1 Å². The number of allylic oxidation sites excluding steroid dienone is 1. The molecule has 1 saturated heterocycles. The van der Waals surface area contributed by atoms with Crippen LogP contribution < -0.4 is 4.74 Å². The third-order valence-electron chi connectivity index (χ3n) is 6.59. The minimum Gasteiger partial charge on any atom is -0.496 e. The predicted molar refractivity (Wildman–Crippen MR) is 130 cm³/mol. The number of nitrogens with zero attached hydrogens (tertiary/aromatic N) is 1. The molecule has 2 aliphatic rings. The lowest BCUT2D eigenvalue weighted by molar-refractivity contribution is -0.145. The van der Waals surface area contributed by atoms with Crippen molar-refractivity contribution in [2.45, 2.75) is 51.2 Å². The number of benzene rings is 2. The summed E-state index contributed by atoms with van der Waals surface area (Å²) in [5, 5.41) is 0.598. The summed E-state index contributed by atoms with van der Waals surface area (Å²) in [6.07, 6.45) is 1.52. The van der Waals surface area contributed by atoms with Crippen molar-refractivity contribution >= 4 is 23.5 Å². The van der Waals surface area contributed by atoms with Crippen molar-refractivity contribution in [2.75, 3.05) is 20.3 Å². The van der Waals surface area contributed by atoms with Gasteiger partial charge in [-0.05, 0) is 50.5 Å². The van der Waals surface area contributed by atoms with E-state index in [1.54, 1.807) is 24.1 Å². The monoisotopic (exact) mass is 483 g/mol. The van der Waals surface area contributed by atoms with Crippen molar-refractivity contribution in [3.05, 3.63) is 76.0 Å². The Labute approximate surface area is 205 Å². The summed E-state index contributed by atoms with van der Waals surface area (Å²) in [4.78, 5) is 28.5. The first kappa shape index (κ1) is 24.3. The maximum Gasteiger partial charge on any atom is 0.337 e. The quantitative estimate of drug-likeness (QED) is 0.492. The lowest BCUT2D eigenvalue weighted by atomic mass is 9.83. The molecule has 1 unspecified atom stereocenters. The minimum atomic E-state index is -0.529. The first-order valence-electron chi connectivity index (χ1n) is 11.6. The van der Waals surface area contributed by atoms with Gasteiger partial charge >= 0.3 is 5.97 Å². The zero-order valence-electron chi connectivity index (χ0n) is 19.8. The van der Waals surface area contributed by atoms with Crippen LogP contribution >= 0.6 is 11.6 Å². The van der Waals surface area contributed by atoms with Gasteiger partial charge in [-0.1, -0.05) is 41.9 Å². The van der Waals surface area contributed by atoms with Gasteiger partial charge in [-0.2, -0.15) is 0 Å². The van der Waals surface area contributed by atoms with E-state index < -0.39 is 18.0 Å². The van der Waals surface area contributed by atoms with Crippen molar-refractivity contribution < 1.29 is 23.8 Å². The molecule has 2 heterocycles. The van der Waals surface area contributed by atoms with Crippen molar-refractivity contribution in [3.63, 3.8) is 0 Å². The topological polar surface area (TPSA) is 65.1 Å². The summed E-state index contributed by atoms with van der Waals surface area (Å²) in [5.41, 5.74) is 2.74. The highest BCUT2D eigenvalue weighted by atomic mass is 35.5. The Morgan fingerprint density at radius 3 is 2.62 bits per heavy atom. The molecule has 6 nitrogen and oxygen atoms in total. The zero-order valence-corrected chi connectivity index (χ0v) is 20.5. The maximum absolute atomic E-state index is 13.6. The number of halogens is 1. The standard InChI is InChI=1S/C27H30ClNO5/c1-17-26(27(31)34-18(2)22-8-4-5-9-24(22)32-3)23(19-10-12-20(28)13-11-19)15-25(30)29(17)16-21-7-6-14-33-21/h4-5,8-13,18,21,23H,6-7,14-16H2,1-3H3/t18-,21+,23?/m0/s1. The highest BCUT2D eigenvalue weighted by Crippen LogP contribution is 2.39. The molecule has 1 fully saturated rings. The number of esters is 1. The summed E-state index contributed by atoms with van der Waals surface area (Å²) in [6.45, 7) is 4.78. The van der Waals surface area contributed by atoms with E-state index in [0.29, 0.717) is 35.2 Å². The molecule has 2 aromatic rings. The molecule has 0 aromatic heterocycles. The number of para-hydroxylation sites is 1. The van der Waals surface area contributed by atoms with E-state index >= 15 is 0 Å². The Kier molecular flexibility index (Phi) is 7.59. The molecule has 7 heteroatoms. The van der Waals surface area contributed by atoms with Gasteiger partial charge in [0.2, 0.25) is 5.91 Å². The van der Waals surface area contributed by atoms with E-state index in [-0.39, 0.29) is 18.4 Å². The number of ether oxygens (including phenoxy) is 3. The highest BCUT2D eigenvalue weighted by Gasteiger charge is 2.38. The van der Waals surface area contributed by atoms with Gasteiger partial charge in [0, 0.05) is 35.2 Å². The van der Waals surface area contributed by atoms with Gasteiger partial charge in [0.1, 0.15) is 11.9 Å². The summed E-state index contributed by atoms with van der Waals surface area (Å²) in [7, 11) is 1.59. The second kappa shape index (κ2) is 10.6. The molecule has 180 valence electrons. The molecule has 2 aliphatic heterocycles. The summed E-state index contributed by atoms with van der Waals surface area (Å²) >= 11 is 6.09. The van der Waals surface area contributed by atoms with Crippen LogP contribution in [0, 0.1) is 0 Å². The van der Waals surface area contributed by atoms with Gasteiger partial charge in [-0.25, -0.2) is 4.79 Å². The first-order valence-corrected chi connectivity index (χ1v) is 12.0. The van der Waals surface area contributed by atoms with E-state index in [4.69, 9.17) is 25.8 Å². The third kappa shape index (κ3) is 5.13. The molecule has 2 aromatic carbocycles. The lowest BCUT2D eigenvalue weighted by Gasteiger charge is -2.36. The second-order valence-electron chi connectivity index (χ2n) is 8.74. The average molecular weight is 484 g/mol. The fourth-order valence-corrected chi connectivity index (χ4v) is 4.89. The number of amides is 1.